The Bertz CT molecular complexity index is 343. The summed E-state index contributed by atoms with van der Waals surface area (Å²) in [6.45, 7) is -0.369. The lowest BCUT2D eigenvalue weighted by Crippen LogP contribution is -2.45. The number of aliphatic hydroxyl groups excluding tert-OH is 2. The summed E-state index contributed by atoms with van der Waals surface area (Å²) in [6, 6.07) is 8.81. The second-order valence-electron chi connectivity index (χ2n) is 3.88. The maximum Gasteiger partial charge on any atom is 0.237 e. The van der Waals surface area contributed by atoms with Crippen LogP contribution in [0.3, 0.4) is 0 Å². The fourth-order valence-electron chi connectivity index (χ4n) is 1.37. The molecule has 0 heterocycles. The number of hydrogen-bond acceptors (Lipinski definition) is 4. The highest BCUT2D eigenvalue weighted by Gasteiger charge is 2.14. The minimum absolute atomic E-state index is 0.0117. The molecule has 0 bridgehead atoms. The van der Waals surface area contributed by atoms with Gasteiger partial charge in [-0.1, -0.05) is 30.3 Å². The van der Waals surface area contributed by atoms with Gasteiger partial charge in [-0.2, -0.15) is 0 Å². The first kappa shape index (κ1) is 13.6. The van der Waals surface area contributed by atoms with Crippen molar-refractivity contribution in [3.8, 4) is 0 Å². The molecule has 2 atom stereocenters. The Morgan fingerprint density at radius 3 is 2.59 bits per heavy atom. The van der Waals surface area contributed by atoms with Crippen molar-refractivity contribution < 1.29 is 15.0 Å². The lowest BCUT2D eigenvalue weighted by atomic mass is 10.1. The number of nitrogens with two attached hydrogens (primary N) is 1. The molecule has 0 saturated heterocycles. The van der Waals surface area contributed by atoms with E-state index in [0.29, 0.717) is 6.42 Å². The van der Waals surface area contributed by atoms with Gasteiger partial charge in [-0.3, -0.25) is 4.79 Å². The Labute approximate surface area is 100 Å². The van der Waals surface area contributed by atoms with Crippen LogP contribution in [0.2, 0.25) is 0 Å². The molecule has 5 N–H and O–H groups in total. The van der Waals surface area contributed by atoms with E-state index in [4.69, 9.17) is 15.9 Å². The first-order valence-electron chi connectivity index (χ1n) is 5.49. The number of carbonyl (C=O) groups is 1. The molecular weight excluding hydrogens is 220 g/mol. The average molecular weight is 238 g/mol. The molecule has 1 aromatic rings. The van der Waals surface area contributed by atoms with Crippen molar-refractivity contribution in [3.63, 3.8) is 0 Å². The standard InChI is InChI=1S/C12H18N2O3/c13-11(6-9-4-2-1-3-5-9)12(17)14-7-10(16)8-15/h1-5,10-11,15-16H,6-8,13H2,(H,14,17)/t10?,11-/m0/s1. The van der Waals surface area contributed by atoms with Crippen LogP contribution in [-0.4, -0.2) is 41.4 Å². The van der Waals surface area contributed by atoms with Crippen molar-refractivity contribution in [1.29, 1.82) is 0 Å². The second-order valence-corrected chi connectivity index (χ2v) is 3.88. The van der Waals surface area contributed by atoms with Crippen LogP contribution in [0, 0.1) is 0 Å². The molecule has 5 heteroatoms. The van der Waals surface area contributed by atoms with Crippen LogP contribution < -0.4 is 11.1 Å². The Hall–Kier alpha value is -1.43. The molecule has 0 aliphatic rings. The fraction of sp³-hybridized carbons (Fsp3) is 0.417. The molecule has 0 saturated carbocycles. The van der Waals surface area contributed by atoms with Gasteiger partial charge in [-0.15, -0.1) is 0 Å². The Balaban J connectivity index is 2.37. The molecule has 0 aliphatic carbocycles. The van der Waals surface area contributed by atoms with Gasteiger partial charge in [0.25, 0.3) is 0 Å². The van der Waals surface area contributed by atoms with Gasteiger partial charge < -0.3 is 21.3 Å². The molecule has 0 spiro atoms. The molecule has 1 rings (SSSR count). The molecule has 1 aromatic carbocycles. The zero-order chi connectivity index (χ0) is 12.7. The summed E-state index contributed by atoms with van der Waals surface area (Å²) in [6.07, 6.45) is -0.495. The molecule has 0 fully saturated rings. The van der Waals surface area contributed by atoms with E-state index in [9.17, 15) is 4.79 Å². The van der Waals surface area contributed by atoms with Gasteiger partial charge >= 0.3 is 0 Å². The molecule has 0 aliphatic heterocycles. The summed E-state index contributed by atoms with van der Waals surface area (Å²) in [5, 5.41) is 20.1. The van der Waals surface area contributed by atoms with Crippen molar-refractivity contribution in [2.24, 2.45) is 5.73 Å². The van der Waals surface area contributed by atoms with Gasteiger partial charge in [0.1, 0.15) is 0 Å². The largest absolute Gasteiger partial charge is 0.394 e. The smallest absolute Gasteiger partial charge is 0.237 e. The van der Waals surface area contributed by atoms with Gasteiger partial charge in [0.05, 0.1) is 18.8 Å². The normalized spacial score (nSPS) is 14.1. The molecule has 0 radical (unpaired) electrons. The highest BCUT2D eigenvalue weighted by molar-refractivity contribution is 5.81. The van der Waals surface area contributed by atoms with Crippen LogP contribution >= 0.6 is 0 Å². The number of benzene rings is 1. The monoisotopic (exact) mass is 238 g/mol. The number of aliphatic hydroxyl groups is 2. The number of amides is 1. The minimum atomic E-state index is -0.942. The third-order valence-electron chi connectivity index (χ3n) is 2.36. The van der Waals surface area contributed by atoms with Gasteiger partial charge in [0.15, 0.2) is 0 Å². The fourth-order valence-corrected chi connectivity index (χ4v) is 1.37. The lowest BCUT2D eigenvalue weighted by Gasteiger charge is -2.14. The van der Waals surface area contributed by atoms with Crippen LogP contribution in [0.1, 0.15) is 5.56 Å². The summed E-state index contributed by atoms with van der Waals surface area (Å²) < 4.78 is 0. The second kappa shape index (κ2) is 7.01. The molecule has 1 unspecified atom stereocenters. The molecule has 1 amide bonds. The number of nitrogens with one attached hydrogen (secondary N) is 1. The maximum atomic E-state index is 11.5. The van der Waals surface area contributed by atoms with Crippen LogP contribution in [0.4, 0.5) is 0 Å². The van der Waals surface area contributed by atoms with Crippen molar-refractivity contribution in [2.45, 2.75) is 18.6 Å². The summed E-state index contributed by atoms with van der Waals surface area (Å²) in [5.74, 6) is -0.332. The van der Waals surface area contributed by atoms with E-state index >= 15 is 0 Å². The van der Waals surface area contributed by atoms with Crippen molar-refractivity contribution >= 4 is 5.91 Å². The highest BCUT2D eigenvalue weighted by Crippen LogP contribution is 2.01. The minimum Gasteiger partial charge on any atom is -0.394 e. The quantitative estimate of drug-likeness (QED) is 0.512. The van der Waals surface area contributed by atoms with Crippen molar-refractivity contribution in [3.05, 3.63) is 35.9 Å². The third kappa shape index (κ3) is 4.95. The molecule has 17 heavy (non-hydrogen) atoms. The maximum absolute atomic E-state index is 11.5. The van der Waals surface area contributed by atoms with E-state index in [0.717, 1.165) is 5.56 Å². The Morgan fingerprint density at radius 2 is 2.00 bits per heavy atom. The molecule has 5 nitrogen and oxygen atoms in total. The van der Waals surface area contributed by atoms with E-state index in [1.807, 2.05) is 30.3 Å². The molecule has 94 valence electrons. The van der Waals surface area contributed by atoms with E-state index in [1.165, 1.54) is 0 Å². The lowest BCUT2D eigenvalue weighted by molar-refractivity contribution is -0.122. The van der Waals surface area contributed by atoms with Gasteiger partial charge in [0, 0.05) is 6.54 Å². The van der Waals surface area contributed by atoms with Crippen LogP contribution in [0.25, 0.3) is 0 Å². The van der Waals surface area contributed by atoms with Gasteiger partial charge in [0.2, 0.25) is 5.91 Å². The highest BCUT2D eigenvalue weighted by atomic mass is 16.3. The van der Waals surface area contributed by atoms with E-state index < -0.39 is 12.1 Å². The predicted octanol–water partition coefficient (Wildman–Crippen LogP) is -0.974. The van der Waals surface area contributed by atoms with Gasteiger partial charge in [-0.05, 0) is 12.0 Å². The van der Waals surface area contributed by atoms with Crippen molar-refractivity contribution in [1.82, 2.24) is 5.32 Å². The predicted molar refractivity (Wildman–Crippen MR) is 64.2 cm³/mol. The Kier molecular flexibility index (Phi) is 5.62. The number of hydrogen-bond donors (Lipinski definition) is 4. The average Bonchev–Trinajstić information content (AvgIpc) is 2.36. The van der Waals surface area contributed by atoms with E-state index in [-0.39, 0.29) is 19.1 Å². The summed E-state index contributed by atoms with van der Waals surface area (Å²) in [7, 11) is 0. The van der Waals surface area contributed by atoms with Crippen LogP contribution in [-0.2, 0) is 11.2 Å². The van der Waals surface area contributed by atoms with E-state index in [1.54, 1.807) is 0 Å². The molecular formula is C12H18N2O3. The first-order valence-corrected chi connectivity index (χ1v) is 5.49. The van der Waals surface area contributed by atoms with Crippen LogP contribution in [0.15, 0.2) is 30.3 Å². The topological polar surface area (TPSA) is 95.6 Å². The van der Waals surface area contributed by atoms with Gasteiger partial charge in [-0.25, -0.2) is 0 Å². The Morgan fingerprint density at radius 1 is 1.35 bits per heavy atom. The SMILES string of the molecule is N[C@@H](Cc1ccccc1)C(=O)NCC(O)CO. The first-order chi connectivity index (χ1) is 8.13. The number of carbonyl (C=O) groups excluding carboxylic acids is 1. The zero-order valence-electron chi connectivity index (χ0n) is 9.54. The third-order valence-corrected chi connectivity index (χ3v) is 2.36. The zero-order valence-corrected chi connectivity index (χ0v) is 9.54. The van der Waals surface area contributed by atoms with Crippen molar-refractivity contribution in [2.75, 3.05) is 13.2 Å². The summed E-state index contributed by atoms with van der Waals surface area (Å²) >= 11 is 0. The van der Waals surface area contributed by atoms with Crippen LogP contribution in [0.5, 0.6) is 0 Å². The van der Waals surface area contributed by atoms with E-state index in [2.05, 4.69) is 5.32 Å². The summed E-state index contributed by atoms with van der Waals surface area (Å²) in [5.41, 5.74) is 6.70. The summed E-state index contributed by atoms with van der Waals surface area (Å²) in [4.78, 5) is 11.5. The number of rotatable bonds is 6. The molecule has 0 aromatic heterocycles.